The number of aliphatic hydroxyl groups is 1. The molecule has 8 nitrogen and oxygen atoms in total. The van der Waals surface area contributed by atoms with Crippen LogP contribution in [0.15, 0.2) is 78.4 Å². The van der Waals surface area contributed by atoms with E-state index in [1.807, 2.05) is 13.8 Å². The van der Waals surface area contributed by atoms with Gasteiger partial charge < -0.3 is 24.6 Å². The Morgan fingerprint density at radius 3 is 2.32 bits per heavy atom. The lowest BCUT2D eigenvalue weighted by molar-refractivity contribution is -0.140. The van der Waals surface area contributed by atoms with Crippen molar-refractivity contribution < 1.29 is 34.1 Å². The molecule has 4 rings (SSSR count). The zero-order chi connectivity index (χ0) is 27.4. The highest BCUT2D eigenvalue weighted by Gasteiger charge is 2.47. The van der Waals surface area contributed by atoms with Crippen molar-refractivity contribution in [1.82, 2.24) is 4.90 Å². The van der Waals surface area contributed by atoms with Crippen molar-refractivity contribution in [1.29, 1.82) is 0 Å². The Balaban J connectivity index is 1.81. The number of hydrogen-bond donors (Lipinski definition) is 2. The number of rotatable bonds is 9. The summed E-state index contributed by atoms with van der Waals surface area (Å²) in [5.41, 5.74) is 1.54. The zero-order valence-electron chi connectivity index (χ0n) is 21.4. The van der Waals surface area contributed by atoms with Gasteiger partial charge in [-0.3, -0.25) is 9.59 Å². The maximum atomic E-state index is 13.4. The second-order valence-electron chi connectivity index (χ2n) is 9.40. The fourth-order valence-electron chi connectivity index (χ4n) is 4.36. The van der Waals surface area contributed by atoms with Crippen molar-refractivity contribution in [3.63, 3.8) is 0 Å². The minimum atomic E-state index is -1.06. The molecule has 0 spiro atoms. The molecule has 2 N–H and O–H groups in total. The Hall–Kier alpha value is -4.59. The summed E-state index contributed by atoms with van der Waals surface area (Å²) in [6.45, 7) is 4.54. The van der Waals surface area contributed by atoms with Crippen molar-refractivity contribution in [2.75, 3.05) is 13.7 Å². The molecule has 0 radical (unpaired) electrons. The molecule has 3 aromatic carbocycles. The molecule has 1 heterocycles. The highest BCUT2D eigenvalue weighted by Crippen LogP contribution is 2.43. The van der Waals surface area contributed by atoms with Crippen LogP contribution in [-0.4, -0.2) is 46.5 Å². The van der Waals surface area contributed by atoms with Crippen LogP contribution in [0, 0.1) is 5.92 Å². The predicted molar refractivity (Wildman–Crippen MR) is 141 cm³/mol. The van der Waals surface area contributed by atoms with Crippen LogP contribution < -0.4 is 9.47 Å². The van der Waals surface area contributed by atoms with Gasteiger partial charge in [0.25, 0.3) is 11.7 Å². The smallest absolute Gasteiger partial charge is 0.335 e. The van der Waals surface area contributed by atoms with Crippen LogP contribution in [0.3, 0.4) is 0 Å². The number of aromatic carboxylic acids is 1. The molecule has 1 atom stereocenters. The SMILES string of the molecule is COc1ccccc1C1/C(=C(\O)c2cccc(OCC(C)C)c2)C(=O)C(=O)N1Cc1ccc(C(=O)O)cc1. The number of Topliss-reactive ketones (excluding diaryl/α,β-unsaturated/α-hetero) is 1. The second-order valence-corrected chi connectivity index (χ2v) is 9.40. The van der Waals surface area contributed by atoms with Crippen LogP contribution in [0.2, 0.25) is 0 Å². The lowest BCUT2D eigenvalue weighted by atomic mass is 9.94. The first-order valence-electron chi connectivity index (χ1n) is 12.2. The van der Waals surface area contributed by atoms with Gasteiger partial charge in [-0.2, -0.15) is 0 Å². The lowest BCUT2D eigenvalue weighted by Gasteiger charge is -2.26. The Bertz CT molecular complexity index is 1390. The Labute approximate surface area is 220 Å². The van der Waals surface area contributed by atoms with Crippen LogP contribution in [0.1, 0.15) is 46.9 Å². The van der Waals surface area contributed by atoms with E-state index in [-0.39, 0.29) is 23.4 Å². The van der Waals surface area contributed by atoms with Gasteiger partial charge in [-0.05, 0) is 41.8 Å². The molecule has 196 valence electrons. The molecule has 1 unspecified atom stereocenters. The van der Waals surface area contributed by atoms with E-state index in [2.05, 4.69) is 0 Å². The molecule has 3 aromatic rings. The largest absolute Gasteiger partial charge is 0.507 e. The van der Waals surface area contributed by atoms with Crippen molar-refractivity contribution in [3.8, 4) is 11.5 Å². The van der Waals surface area contributed by atoms with Crippen LogP contribution in [0.4, 0.5) is 0 Å². The Morgan fingerprint density at radius 2 is 1.66 bits per heavy atom. The molecule has 1 amide bonds. The molecule has 1 aliphatic heterocycles. The van der Waals surface area contributed by atoms with Crippen molar-refractivity contribution in [3.05, 3.63) is 101 Å². The summed E-state index contributed by atoms with van der Waals surface area (Å²) in [7, 11) is 1.49. The molecule has 0 aromatic heterocycles. The molecule has 0 aliphatic carbocycles. The number of carboxylic acid groups (broad SMARTS) is 1. The third kappa shape index (κ3) is 5.39. The molecule has 1 aliphatic rings. The molecule has 1 fully saturated rings. The number of amides is 1. The zero-order valence-corrected chi connectivity index (χ0v) is 21.4. The summed E-state index contributed by atoms with van der Waals surface area (Å²) in [4.78, 5) is 39.3. The quantitative estimate of drug-likeness (QED) is 0.233. The van der Waals surface area contributed by atoms with E-state index in [1.54, 1.807) is 60.7 Å². The van der Waals surface area contributed by atoms with E-state index < -0.39 is 23.7 Å². The third-order valence-electron chi connectivity index (χ3n) is 6.22. The van der Waals surface area contributed by atoms with Gasteiger partial charge in [0.2, 0.25) is 0 Å². The number of hydrogen-bond acceptors (Lipinski definition) is 6. The highest BCUT2D eigenvalue weighted by molar-refractivity contribution is 6.46. The summed E-state index contributed by atoms with van der Waals surface area (Å²) >= 11 is 0. The first-order chi connectivity index (χ1) is 18.2. The summed E-state index contributed by atoms with van der Waals surface area (Å²) in [6, 6.07) is 18.9. The van der Waals surface area contributed by atoms with E-state index in [4.69, 9.17) is 9.47 Å². The number of aliphatic hydroxyl groups excluding tert-OH is 1. The first-order valence-corrected chi connectivity index (χ1v) is 12.2. The number of carbonyl (C=O) groups excluding carboxylic acids is 2. The minimum Gasteiger partial charge on any atom is -0.507 e. The second kappa shape index (κ2) is 11.2. The Kier molecular flexibility index (Phi) is 7.81. The maximum absolute atomic E-state index is 13.4. The number of carbonyl (C=O) groups is 3. The highest BCUT2D eigenvalue weighted by atomic mass is 16.5. The van der Waals surface area contributed by atoms with Gasteiger partial charge in [0.05, 0.1) is 30.9 Å². The van der Waals surface area contributed by atoms with Crippen LogP contribution in [0.25, 0.3) is 5.76 Å². The first kappa shape index (κ1) is 26.5. The fraction of sp³-hybridized carbons (Fsp3) is 0.233. The normalized spacial score (nSPS) is 16.6. The number of para-hydroxylation sites is 1. The fourth-order valence-corrected chi connectivity index (χ4v) is 4.36. The van der Waals surface area contributed by atoms with Gasteiger partial charge in [0.15, 0.2) is 0 Å². The number of methoxy groups -OCH3 is 1. The molecular formula is C30H29NO7. The third-order valence-corrected chi connectivity index (χ3v) is 6.22. The van der Waals surface area contributed by atoms with E-state index in [0.717, 1.165) is 0 Å². The summed E-state index contributed by atoms with van der Waals surface area (Å²) < 4.78 is 11.3. The molecule has 1 saturated heterocycles. The lowest BCUT2D eigenvalue weighted by Crippen LogP contribution is -2.29. The van der Waals surface area contributed by atoms with Gasteiger partial charge in [0.1, 0.15) is 17.3 Å². The van der Waals surface area contributed by atoms with Gasteiger partial charge in [0, 0.05) is 17.7 Å². The monoisotopic (exact) mass is 515 g/mol. The molecule has 38 heavy (non-hydrogen) atoms. The van der Waals surface area contributed by atoms with Crippen LogP contribution in [0.5, 0.6) is 11.5 Å². The topological polar surface area (TPSA) is 113 Å². The van der Waals surface area contributed by atoms with Crippen molar-refractivity contribution >= 4 is 23.4 Å². The molecular weight excluding hydrogens is 486 g/mol. The summed E-state index contributed by atoms with van der Waals surface area (Å²) in [6.07, 6.45) is 0. The molecule has 0 bridgehead atoms. The maximum Gasteiger partial charge on any atom is 0.335 e. The van der Waals surface area contributed by atoms with Gasteiger partial charge in [-0.25, -0.2) is 4.79 Å². The van der Waals surface area contributed by atoms with Crippen molar-refractivity contribution in [2.24, 2.45) is 5.92 Å². The number of ether oxygens (including phenoxy) is 2. The van der Waals surface area contributed by atoms with Crippen LogP contribution in [-0.2, 0) is 16.1 Å². The number of carboxylic acids is 1. The average Bonchev–Trinajstić information content (AvgIpc) is 3.16. The van der Waals surface area contributed by atoms with E-state index in [9.17, 15) is 24.6 Å². The average molecular weight is 516 g/mol. The van der Waals surface area contributed by atoms with E-state index >= 15 is 0 Å². The molecule has 8 heteroatoms. The van der Waals surface area contributed by atoms with Gasteiger partial charge in [-0.1, -0.05) is 56.3 Å². The predicted octanol–water partition coefficient (Wildman–Crippen LogP) is 5.05. The van der Waals surface area contributed by atoms with Crippen molar-refractivity contribution in [2.45, 2.75) is 26.4 Å². The van der Waals surface area contributed by atoms with E-state index in [1.165, 1.54) is 24.1 Å². The standard InChI is InChI=1S/C30H29NO7/c1-18(2)17-38-22-8-6-7-21(15-22)27(32)25-26(23-9-4-5-10-24(23)37-3)31(29(34)28(25)33)16-19-11-13-20(14-12-19)30(35)36/h4-15,18,26,32H,16-17H2,1-3H3,(H,35,36)/b27-25+. The number of benzene rings is 3. The van der Waals surface area contributed by atoms with Crippen LogP contribution >= 0.6 is 0 Å². The molecule has 0 saturated carbocycles. The van der Waals surface area contributed by atoms with E-state index in [0.29, 0.717) is 40.7 Å². The Morgan fingerprint density at radius 1 is 0.947 bits per heavy atom. The number of ketones is 1. The van der Waals surface area contributed by atoms with Gasteiger partial charge >= 0.3 is 5.97 Å². The number of nitrogens with zero attached hydrogens (tertiary/aromatic N) is 1. The minimum absolute atomic E-state index is 0.0154. The summed E-state index contributed by atoms with van der Waals surface area (Å²) in [5.74, 6) is -1.71. The number of likely N-dealkylation sites (tertiary alicyclic amines) is 1. The van der Waals surface area contributed by atoms with Gasteiger partial charge in [-0.15, -0.1) is 0 Å². The summed E-state index contributed by atoms with van der Waals surface area (Å²) in [5, 5.41) is 20.6.